The maximum absolute atomic E-state index is 13.5. The van der Waals surface area contributed by atoms with Gasteiger partial charge >= 0.3 is 6.18 Å². The van der Waals surface area contributed by atoms with Gasteiger partial charge in [0, 0.05) is 11.6 Å². The third-order valence-corrected chi connectivity index (χ3v) is 4.27. The van der Waals surface area contributed by atoms with Gasteiger partial charge in [-0.05, 0) is 6.07 Å². The van der Waals surface area contributed by atoms with Crippen molar-refractivity contribution in [2.24, 2.45) is 5.73 Å². The molecule has 1 aliphatic rings. The van der Waals surface area contributed by atoms with Crippen molar-refractivity contribution in [1.29, 1.82) is 5.26 Å². The van der Waals surface area contributed by atoms with Gasteiger partial charge < -0.3 is 24.7 Å². The molecule has 0 saturated heterocycles. The van der Waals surface area contributed by atoms with Crippen molar-refractivity contribution < 1.29 is 32.1 Å². The standard InChI is InChI=1S/C17H15F3N4O4/c1-25-9-5-11(27-3)10(26-2)4-7(9)12-8(6-21)15(22)28-16-13(12)14(23-24-16)17(18,19)20/h4-5,12H,22H2,1-3H3,(H,23,24)/t12-/m0/s1. The van der Waals surface area contributed by atoms with Gasteiger partial charge in [-0.1, -0.05) is 0 Å². The van der Waals surface area contributed by atoms with Crippen LogP contribution in [0.2, 0.25) is 0 Å². The van der Waals surface area contributed by atoms with Gasteiger partial charge in [0.15, 0.2) is 11.5 Å². The number of methoxy groups -OCH3 is 3. The first kappa shape index (κ1) is 19.2. The van der Waals surface area contributed by atoms with E-state index in [1.54, 1.807) is 0 Å². The number of aromatic amines is 1. The molecule has 11 heteroatoms. The van der Waals surface area contributed by atoms with Gasteiger partial charge in [0.25, 0.3) is 0 Å². The van der Waals surface area contributed by atoms with Crippen LogP contribution in [-0.2, 0) is 6.18 Å². The van der Waals surface area contributed by atoms with Crippen LogP contribution in [0.4, 0.5) is 13.2 Å². The number of nitrogens with two attached hydrogens (primary N) is 1. The van der Waals surface area contributed by atoms with Gasteiger partial charge in [-0.3, -0.25) is 5.10 Å². The van der Waals surface area contributed by atoms with Crippen molar-refractivity contribution in [3.05, 3.63) is 40.4 Å². The van der Waals surface area contributed by atoms with Crippen molar-refractivity contribution in [1.82, 2.24) is 10.2 Å². The van der Waals surface area contributed by atoms with E-state index in [-0.39, 0.29) is 40.0 Å². The molecule has 3 rings (SSSR count). The Labute approximate surface area is 157 Å². The quantitative estimate of drug-likeness (QED) is 0.816. The number of ether oxygens (including phenoxy) is 4. The Hall–Kier alpha value is -3.55. The maximum atomic E-state index is 13.5. The molecule has 0 bridgehead atoms. The molecule has 3 N–H and O–H groups in total. The Morgan fingerprint density at radius 3 is 2.29 bits per heavy atom. The summed E-state index contributed by atoms with van der Waals surface area (Å²) in [4.78, 5) is 0. The van der Waals surface area contributed by atoms with E-state index in [1.807, 2.05) is 11.2 Å². The van der Waals surface area contributed by atoms with Gasteiger partial charge in [0.2, 0.25) is 11.8 Å². The third kappa shape index (κ3) is 2.92. The number of nitrogens with one attached hydrogen (secondary N) is 1. The largest absolute Gasteiger partial charge is 0.496 e. The van der Waals surface area contributed by atoms with E-state index in [2.05, 4.69) is 5.10 Å². The summed E-state index contributed by atoms with van der Waals surface area (Å²) >= 11 is 0. The molecule has 8 nitrogen and oxygen atoms in total. The first-order chi connectivity index (χ1) is 13.3. The highest BCUT2D eigenvalue weighted by atomic mass is 19.4. The fraction of sp³-hybridized carbons (Fsp3) is 0.294. The molecule has 2 heterocycles. The number of hydrogen-bond acceptors (Lipinski definition) is 7. The van der Waals surface area contributed by atoms with Crippen LogP contribution in [-0.4, -0.2) is 31.5 Å². The number of H-pyrrole nitrogens is 1. The predicted molar refractivity (Wildman–Crippen MR) is 89.0 cm³/mol. The zero-order valence-corrected chi connectivity index (χ0v) is 15.0. The topological polar surface area (TPSA) is 115 Å². The molecular weight excluding hydrogens is 381 g/mol. The van der Waals surface area contributed by atoms with Crippen molar-refractivity contribution in [3.8, 4) is 29.2 Å². The summed E-state index contributed by atoms with van der Waals surface area (Å²) in [5, 5.41) is 15.0. The van der Waals surface area contributed by atoms with E-state index in [0.717, 1.165) is 0 Å². The summed E-state index contributed by atoms with van der Waals surface area (Å²) < 4.78 is 61.5. The number of nitriles is 1. The van der Waals surface area contributed by atoms with Gasteiger partial charge in [0.05, 0.1) is 32.8 Å². The van der Waals surface area contributed by atoms with Gasteiger partial charge in [-0.25, -0.2) is 0 Å². The summed E-state index contributed by atoms with van der Waals surface area (Å²) in [6.07, 6.45) is -4.77. The molecule has 2 aromatic rings. The molecule has 0 saturated carbocycles. The van der Waals surface area contributed by atoms with Crippen molar-refractivity contribution in [2.45, 2.75) is 12.1 Å². The Balaban J connectivity index is 2.35. The second-order valence-corrected chi connectivity index (χ2v) is 5.69. The van der Waals surface area contributed by atoms with Crippen molar-refractivity contribution in [2.75, 3.05) is 21.3 Å². The highest BCUT2D eigenvalue weighted by Crippen LogP contribution is 2.50. The number of nitrogens with zero attached hydrogens (tertiary/aromatic N) is 2. The average molecular weight is 396 g/mol. The van der Waals surface area contributed by atoms with Crippen LogP contribution in [0.5, 0.6) is 23.1 Å². The van der Waals surface area contributed by atoms with E-state index in [1.165, 1.54) is 33.5 Å². The van der Waals surface area contributed by atoms with E-state index in [4.69, 9.17) is 24.7 Å². The molecule has 0 spiro atoms. The van der Waals surface area contributed by atoms with E-state index >= 15 is 0 Å². The molecule has 1 aromatic heterocycles. The molecule has 0 unspecified atom stereocenters. The fourth-order valence-electron chi connectivity index (χ4n) is 3.05. The van der Waals surface area contributed by atoms with Gasteiger partial charge in [-0.2, -0.15) is 18.4 Å². The molecule has 28 heavy (non-hydrogen) atoms. The molecule has 0 fully saturated rings. The second kappa shape index (κ2) is 6.88. The summed E-state index contributed by atoms with van der Waals surface area (Å²) in [6, 6.07) is 4.69. The summed E-state index contributed by atoms with van der Waals surface area (Å²) in [7, 11) is 4.11. The number of benzene rings is 1. The minimum atomic E-state index is -4.77. The maximum Gasteiger partial charge on any atom is 0.433 e. The summed E-state index contributed by atoms with van der Waals surface area (Å²) in [6.45, 7) is 0. The highest BCUT2D eigenvalue weighted by Gasteiger charge is 2.45. The van der Waals surface area contributed by atoms with Crippen LogP contribution in [0.25, 0.3) is 0 Å². The molecule has 148 valence electrons. The summed E-state index contributed by atoms with van der Waals surface area (Å²) in [5.41, 5.74) is 4.24. The lowest BCUT2D eigenvalue weighted by Gasteiger charge is -2.26. The monoisotopic (exact) mass is 396 g/mol. The van der Waals surface area contributed by atoms with E-state index in [9.17, 15) is 18.4 Å². The van der Waals surface area contributed by atoms with Crippen LogP contribution in [0, 0.1) is 11.3 Å². The highest BCUT2D eigenvalue weighted by molar-refractivity contribution is 5.62. The van der Waals surface area contributed by atoms with E-state index in [0.29, 0.717) is 5.75 Å². The Morgan fingerprint density at radius 1 is 1.14 bits per heavy atom. The minimum absolute atomic E-state index is 0.172. The lowest BCUT2D eigenvalue weighted by atomic mass is 9.83. The Morgan fingerprint density at radius 2 is 1.75 bits per heavy atom. The van der Waals surface area contributed by atoms with Gasteiger partial charge in [0.1, 0.15) is 23.1 Å². The first-order valence-electron chi connectivity index (χ1n) is 7.79. The van der Waals surface area contributed by atoms with Crippen LogP contribution in [0.3, 0.4) is 0 Å². The van der Waals surface area contributed by atoms with Crippen LogP contribution < -0.4 is 24.7 Å². The normalized spacial score (nSPS) is 16.1. The SMILES string of the molecule is COc1cc(OC)c([C@H]2C(C#N)=C(N)Oc3n[nH]c(C(F)(F)F)c32)cc1OC. The first-order valence-corrected chi connectivity index (χ1v) is 7.79. The molecule has 0 radical (unpaired) electrons. The molecule has 1 atom stereocenters. The number of hydrogen-bond donors (Lipinski definition) is 2. The lowest BCUT2D eigenvalue weighted by Crippen LogP contribution is -2.23. The van der Waals surface area contributed by atoms with Crippen molar-refractivity contribution >= 4 is 0 Å². The van der Waals surface area contributed by atoms with Crippen molar-refractivity contribution in [3.63, 3.8) is 0 Å². The van der Waals surface area contributed by atoms with Crippen LogP contribution in [0.1, 0.15) is 22.7 Å². The number of allylic oxidation sites excluding steroid dienone is 1. The third-order valence-electron chi connectivity index (χ3n) is 4.27. The zero-order chi connectivity index (χ0) is 20.6. The molecule has 1 aliphatic heterocycles. The minimum Gasteiger partial charge on any atom is -0.496 e. The molecule has 0 amide bonds. The van der Waals surface area contributed by atoms with E-state index < -0.39 is 17.8 Å². The number of rotatable bonds is 4. The Kier molecular flexibility index (Phi) is 4.72. The fourth-order valence-corrected chi connectivity index (χ4v) is 3.05. The number of fused-ring (bicyclic) bond motifs is 1. The predicted octanol–water partition coefficient (Wildman–Crippen LogP) is 2.67. The molecular formula is C17H15F3N4O4. The lowest BCUT2D eigenvalue weighted by molar-refractivity contribution is -0.141. The molecule has 0 aliphatic carbocycles. The second-order valence-electron chi connectivity index (χ2n) is 5.69. The summed E-state index contributed by atoms with van der Waals surface area (Å²) in [5.74, 6) is -1.26. The zero-order valence-electron chi connectivity index (χ0n) is 15.0. The molecule has 1 aromatic carbocycles. The smallest absolute Gasteiger partial charge is 0.433 e. The average Bonchev–Trinajstić information content (AvgIpc) is 3.09. The number of aromatic nitrogens is 2. The van der Waals surface area contributed by atoms with Crippen LogP contribution in [0.15, 0.2) is 23.6 Å². The van der Waals surface area contributed by atoms with Gasteiger partial charge in [-0.15, -0.1) is 5.10 Å². The Bertz CT molecular complexity index is 992. The van der Waals surface area contributed by atoms with Crippen LogP contribution >= 0.6 is 0 Å². The number of alkyl halides is 3. The number of halogens is 3.